The predicted molar refractivity (Wildman–Crippen MR) is 162 cm³/mol. The quantitative estimate of drug-likeness (QED) is 0.190. The molecule has 5 aromatic rings. The van der Waals surface area contributed by atoms with Gasteiger partial charge in [0.25, 0.3) is 0 Å². The molecule has 4 aromatic carbocycles. The Labute approximate surface area is 238 Å². The average Bonchev–Trinajstić information content (AvgIpc) is 3.36. The first-order valence-corrected chi connectivity index (χ1v) is 13.7. The van der Waals surface area contributed by atoms with Gasteiger partial charge < -0.3 is 10.1 Å². The highest BCUT2D eigenvalue weighted by atomic mass is 35.5. The zero-order chi connectivity index (χ0) is 27.5. The zero-order valence-electron chi connectivity index (χ0n) is 21.5. The van der Waals surface area contributed by atoms with Crippen LogP contribution >= 0.6 is 23.2 Å². The molecule has 1 aromatic heterocycles. The number of nitrogens with zero attached hydrogens (tertiary/aromatic N) is 1. The first kappa shape index (κ1) is 26.7. The van der Waals surface area contributed by atoms with Crippen LogP contribution in [0.4, 0.5) is 0 Å². The van der Waals surface area contributed by atoms with Crippen LogP contribution in [0.2, 0.25) is 10.0 Å². The average molecular weight is 556 g/mol. The minimum atomic E-state index is -1.03. The molecule has 0 bridgehead atoms. The number of hydrogen-bond acceptors (Lipinski definition) is 2. The van der Waals surface area contributed by atoms with Crippen LogP contribution in [-0.2, 0) is 0 Å². The summed E-state index contributed by atoms with van der Waals surface area (Å²) in [4.78, 5) is 20.6. The normalized spacial score (nSPS) is 12.0. The summed E-state index contributed by atoms with van der Waals surface area (Å²) in [6.07, 6.45) is 2.69. The number of imidazole rings is 1. The third kappa shape index (κ3) is 5.63. The predicted octanol–water partition coefficient (Wildman–Crippen LogP) is 9.89. The number of carboxylic acid groups (broad SMARTS) is 1. The summed E-state index contributed by atoms with van der Waals surface area (Å²) in [6.45, 7) is 6.49. The number of nitrogens with one attached hydrogen (secondary N) is 1. The number of para-hydroxylation sites is 2. The summed E-state index contributed by atoms with van der Waals surface area (Å²) < 4.78 is 0. The highest BCUT2D eigenvalue weighted by Gasteiger charge is 2.22. The first-order valence-electron chi connectivity index (χ1n) is 12.9. The molecule has 6 heteroatoms. The SMILES string of the molecule is C=C(CC(CCC)c1cccc(Cl)c1)c1ccc(-c2c(Cl)cccc2-c2nc3ccccc3[nH]2)c(C(=O)O)c1. The molecular formula is C33H28Cl2N2O2. The van der Waals surface area contributed by atoms with Gasteiger partial charge in [-0.3, -0.25) is 0 Å². The standard InChI is InChI=1S/C33H28Cl2N2O2/c1-3-8-22(23-9-6-10-24(34)18-23)17-20(2)21-15-16-25(27(19-21)33(38)39)31-26(11-7-12-28(31)35)32-36-29-13-4-5-14-30(29)37-32/h4-7,9-16,18-19,22H,2-3,8,17H2,1H3,(H,36,37)(H,38,39). The van der Waals surface area contributed by atoms with Crippen LogP contribution in [0.5, 0.6) is 0 Å². The Morgan fingerprint density at radius 3 is 2.51 bits per heavy atom. The van der Waals surface area contributed by atoms with Crippen molar-refractivity contribution in [1.82, 2.24) is 9.97 Å². The minimum Gasteiger partial charge on any atom is -0.478 e. The maximum absolute atomic E-state index is 12.5. The van der Waals surface area contributed by atoms with Crippen molar-refractivity contribution in [2.75, 3.05) is 0 Å². The molecule has 0 aliphatic heterocycles. The molecule has 1 heterocycles. The number of aromatic nitrogens is 2. The number of fused-ring (bicyclic) bond motifs is 1. The van der Waals surface area contributed by atoms with Gasteiger partial charge in [0, 0.05) is 21.2 Å². The van der Waals surface area contributed by atoms with Gasteiger partial charge in [-0.2, -0.15) is 0 Å². The molecule has 0 saturated heterocycles. The van der Waals surface area contributed by atoms with Crippen LogP contribution in [-0.4, -0.2) is 21.0 Å². The number of carboxylic acids is 1. The molecule has 39 heavy (non-hydrogen) atoms. The number of benzene rings is 4. The van der Waals surface area contributed by atoms with Gasteiger partial charge in [0.15, 0.2) is 0 Å². The van der Waals surface area contributed by atoms with E-state index in [0.717, 1.165) is 46.1 Å². The molecular weight excluding hydrogens is 527 g/mol. The van der Waals surface area contributed by atoms with Gasteiger partial charge in [-0.1, -0.05) is 91.7 Å². The number of allylic oxidation sites excluding steroid dienone is 1. The van der Waals surface area contributed by atoms with E-state index >= 15 is 0 Å². The first-order chi connectivity index (χ1) is 18.9. The fraction of sp³-hybridized carbons (Fsp3) is 0.152. The fourth-order valence-corrected chi connectivity index (χ4v) is 5.62. The number of rotatable bonds is 9. The van der Waals surface area contributed by atoms with Crippen molar-refractivity contribution in [1.29, 1.82) is 0 Å². The van der Waals surface area contributed by atoms with Crippen molar-refractivity contribution >= 4 is 45.8 Å². The number of aromatic amines is 1. The molecule has 0 fully saturated rings. The molecule has 1 unspecified atom stereocenters. The van der Waals surface area contributed by atoms with E-state index in [1.165, 1.54) is 0 Å². The molecule has 0 aliphatic rings. The van der Waals surface area contributed by atoms with Gasteiger partial charge in [0.1, 0.15) is 5.82 Å². The molecule has 1 atom stereocenters. The number of hydrogen-bond donors (Lipinski definition) is 2. The van der Waals surface area contributed by atoms with Crippen LogP contribution in [0.15, 0.2) is 91.5 Å². The van der Waals surface area contributed by atoms with Crippen LogP contribution in [0.25, 0.3) is 39.1 Å². The largest absolute Gasteiger partial charge is 0.478 e. The molecule has 0 amide bonds. The third-order valence-corrected chi connectivity index (χ3v) is 7.59. The summed E-state index contributed by atoms with van der Waals surface area (Å²) in [5, 5.41) is 11.4. The zero-order valence-corrected chi connectivity index (χ0v) is 23.1. The van der Waals surface area contributed by atoms with Crippen molar-refractivity contribution in [3.8, 4) is 22.5 Å². The fourth-order valence-electron chi connectivity index (χ4n) is 5.15. The maximum Gasteiger partial charge on any atom is 0.336 e. The van der Waals surface area contributed by atoms with Gasteiger partial charge in [0.2, 0.25) is 0 Å². The highest BCUT2D eigenvalue weighted by Crippen LogP contribution is 2.40. The van der Waals surface area contributed by atoms with Crippen molar-refractivity contribution < 1.29 is 9.90 Å². The van der Waals surface area contributed by atoms with E-state index in [1.807, 2.05) is 66.7 Å². The summed E-state index contributed by atoms with van der Waals surface area (Å²) in [7, 11) is 0. The number of aromatic carboxylic acids is 1. The van der Waals surface area contributed by atoms with E-state index in [4.69, 9.17) is 28.2 Å². The monoisotopic (exact) mass is 554 g/mol. The summed E-state index contributed by atoms with van der Waals surface area (Å²) >= 11 is 13.0. The molecule has 0 spiro atoms. The smallest absolute Gasteiger partial charge is 0.336 e. The Morgan fingerprint density at radius 1 is 0.974 bits per heavy atom. The Bertz CT molecular complexity index is 1660. The van der Waals surface area contributed by atoms with E-state index < -0.39 is 5.97 Å². The number of carbonyl (C=O) groups is 1. The van der Waals surface area contributed by atoms with Crippen molar-refractivity contribution in [3.05, 3.63) is 118 Å². The summed E-state index contributed by atoms with van der Waals surface area (Å²) in [5.41, 5.74) is 6.58. The maximum atomic E-state index is 12.5. The van der Waals surface area contributed by atoms with Gasteiger partial charge >= 0.3 is 5.97 Å². The van der Waals surface area contributed by atoms with Crippen molar-refractivity contribution in [2.45, 2.75) is 32.1 Å². The van der Waals surface area contributed by atoms with E-state index in [-0.39, 0.29) is 11.5 Å². The highest BCUT2D eigenvalue weighted by molar-refractivity contribution is 6.34. The Morgan fingerprint density at radius 2 is 1.77 bits per heavy atom. The molecule has 0 radical (unpaired) electrons. The lowest BCUT2D eigenvalue weighted by Crippen LogP contribution is -2.04. The minimum absolute atomic E-state index is 0.161. The summed E-state index contributed by atoms with van der Waals surface area (Å²) in [6, 6.07) is 26.6. The van der Waals surface area contributed by atoms with Gasteiger partial charge in [0.05, 0.1) is 16.6 Å². The van der Waals surface area contributed by atoms with Gasteiger partial charge in [-0.25, -0.2) is 9.78 Å². The second-order valence-corrected chi connectivity index (χ2v) is 10.5. The second kappa shape index (κ2) is 11.5. The van der Waals surface area contributed by atoms with E-state index in [2.05, 4.69) is 24.6 Å². The van der Waals surface area contributed by atoms with Crippen LogP contribution in [0, 0.1) is 0 Å². The Balaban J connectivity index is 1.54. The van der Waals surface area contributed by atoms with E-state index in [1.54, 1.807) is 12.1 Å². The molecule has 0 aliphatic carbocycles. The Kier molecular flexibility index (Phi) is 7.87. The van der Waals surface area contributed by atoms with Crippen molar-refractivity contribution in [2.24, 2.45) is 0 Å². The second-order valence-electron chi connectivity index (χ2n) is 9.68. The van der Waals surface area contributed by atoms with Crippen molar-refractivity contribution in [3.63, 3.8) is 0 Å². The lowest BCUT2D eigenvalue weighted by molar-refractivity contribution is 0.0697. The third-order valence-electron chi connectivity index (χ3n) is 7.04. The van der Waals surface area contributed by atoms with Gasteiger partial charge in [-0.15, -0.1) is 0 Å². The van der Waals surface area contributed by atoms with E-state index in [0.29, 0.717) is 33.4 Å². The topological polar surface area (TPSA) is 66.0 Å². The molecule has 4 nitrogen and oxygen atoms in total. The van der Waals surface area contributed by atoms with E-state index in [9.17, 15) is 9.90 Å². The Hall–Kier alpha value is -3.86. The van der Waals surface area contributed by atoms with Crippen LogP contribution < -0.4 is 0 Å². The van der Waals surface area contributed by atoms with Gasteiger partial charge in [-0.05, 0) is 77.4 Å². The molecule has 196 valence electrons. The molecule has 0 saturated carbocycles. The lowest BCUT2D eigenvalue weighted by Gasteiger charge is -2.20. The number of halogens is 2. The summed E-state index contributed by atoms with van der Waals surface area (Å²) in [5.74, 6) is -0.171. The number of H-pyrrole nitrogens is 1. The molecule has 5 rings (SSSR count). The van der Waals surface area contributed by atoms with Crippen LogP contribution in [0.1, 0.15) is 53.6 Å². The van der Waals surface area contributed by atoms with Crippen LogP contribution in [0.3, 0.4) is 0 Å². The lowest BCUT2D eigenvalue weighted by atomic mass is 9.85. The molecule has 2 N–H and O–H groups in total.